The molecular weight excluding hydrogens is 568 g/mol. The molecule has 0 bridgehead atoms. The summed E-state index contributed by atoms with van der Waals surface area (Å²) in [6.07, 6.45) is 38.4. The van der Waals surface area contributed by atoms with Gasteiger partial charge in [-0.25, -0.2) is 0 Å². The highest BCUT2D eigenvalue weighted by atomic mass is 16.5. The van der Waals surface area contributed by atoms with Crippen molar-refractivity contribution in [2.45, 2.75) is 161 Å². The lowest BCUT2D eigenvalue weighted by molar-refractivity contribution is -0.143. The average Bonchev–Trinajstić information content (AvgIpc) is 3.07. The summed E-state index contributed by atoms with van der Waals surface area (Å²) < 4.78 is 4.95. The van der Waals surface area contributed by atoms with E-state index in [0.717, 1.165) is 69.8 Å². The van der Waals surface area contributed by atoms with Gasteiger partial charge >= 0.3 is 5.97 Å². The van der Waals surface area contributed by atoms with Crippen LogP contribution in [0.4, 0.5) is 0 Å². The molecule has 0 saturated carbocycles. The number of ether oxygens (including phenoxy) is 1. The largest absolute Gasteiger partial charge is 0.504 e. The smallest absolute Gasteiger partial charge is 0.322 e. The quantitative estimate of drug-likeness (QED) is 0.294. The van der Waals surface area contributed by atoms with Crippen molar-refractivity contribution in [1.82, 2.24) is 0 Å². The minimum atomic E-state index is -0.877. The summed E-state index contributed by atoms with van der Waals surface area (Å²) in [5.41, 5.74) is 3.94. The summed E-state index contributed by atoms with van der Waals surface area (Å²) in [7, 11) is 1.53. The Labute approximate surface area is 281 Å². The zero-order valence-electron chi connectivity index (χ0n) is 29.1. The molecule has 0 atom stereocenters. The first kappa shape index (κ1) is 37.7. The molecule has 0 heterocycles. The predicted octanol–water partition coefficient (Wildman–Crippen LogP) is 12.4. The van der Waals surface area contributed by atoms with Gasteiger partial charge in [0, 0.05) is 0 Å². The molecular formula is C42H64O4. The molecule has 2 N–H and O–H groups in total. The van der Waals surface area contributed by atoms with Gasteiger partial charge in [0.05, 0.1) is 7.11 Å². The first-order valence-corrected chi connectivity index (χ1v) is 18.8. The zero-order valence-corrected chi connectivity index (χ0v) is 29.1. The van der Waals surface area contributed by atoms with E-state index in [9.17, 15) is 15.0 Å². The lowest BCUT2D eigenvalue weighted by atomic mass is 9.63. The van der Waals surface area contributed by atoms with E-state index in [-0.39, 0.29) is 5.75 Å². The second-order valence-corrected chi connectivity index (χ2v) is 13.7. The molecule has 3 aliphatic carbocycles. The summed E-state index contributed by atoms with van der Waals surface area (Å²) in [6.45, 7) is 3.63. The topological polar surface area (TPSA) is 66.8 Å². The number of carboxylic acids is 1. The van der Waals surface area contributed by atoms with E-state index in [1.807, 2.05) is 12.1 Å². The van der Waals surface area contributed by atoms with Gasteiger partial charge in [-0.05, 0) is 118 Å². The number of hydrogen-bond acceptors (Lipinski definition) is 3. The van der Waals surface area contributed by atoms with Gasteiger partial charge in [-0.3, -0.25) is 4.79 Å². The Morgan fingerprint density at radius 1 is 0.696 bits per heavy atom. The Bertz CT molecular complexity index is 1060. The molecule has 3 aliphatic rings. The van der Waals surface area contributed by atoms with E-state index in [2.05, 4.69) is 24.8 Å². The van der Waals surface area contributed by atoms with Crippen LogP contribution in [0, 0.1) is 5.41 Å². The highest BCUT2D eigenvalue weighted by Crippen LogP contribution is 2.50. The standard InChI is InChI=1S/C32H52O2.C10H12O2/c33-31(34)32(28-22-16-10-4-1-5-11-17-23-28,29-24-18-12-6-2-7-13-19-25-29)30-26-20-14-8-3-9-15-21-27-30;1-3-4-8-5-6-9(11)10(7-8)12-2/h22,24,26H,1-21,23,25,27H2,(H,33,34);3,5-7,11H,1,4H2,2H3/b28-22+,29-24+,30-26+;. The number of allylic oxidation sites excluding steroid dienone is 4. The fourth-order valence-corrected chi connectivity index (χ4v) is 7.70. The van der Waals surface area contributed by atoms with Gasteiger partial charge in [-0.1, -0.05) is 107 Å². The second kappa shape index (κ2) is 21.9. The molecule has 0 radical (unpaired) electrons. The fraction of sp³-hybridized carbons (Fsp3) is 0.643. The number of aliphatic carboxylic acids is 1. The lowest BCUT2D eigenvalue weighted by Gasteiger charge is -2.39. The molecule has 0 unspecified atom stereocenters. The lowest BCUT2D eigenvalue weighted by Crippen LogP contribution is -2.38. The normalized spacial score (nSPS) is 23.3. The number of rotatable bonds is 7. The molecule has 0 saturated heterocycles. The number of carboxylic acid groups (broad SMARTS) is 1. The summed E-state index contributed by atoms with van der Waals surface area (Å²) in [5, 5.41) is 20.5. The van der Waals surface area contributed by atoms with Gasteiger partial charge in [-0.2, -0.15) is 0 Å². The van der Waals surface area contributed by atoms with Gasteiger partial charge < -0.3 is 14.9 Å². The third-order valence-corrected chi connectivity index (χ3v) is 10.3. The van der Waals surface area contributed by atoms with Gasteiger partial charge in [0.15, 0.2) is 11.5 Å². The predicted molar refractivity (Wildman–Crippen MR) is 194 cm³/mol. The maximum atomic E-state index is 13.7. The first-order chi connectivity index (χ1) is 22.5. The Hall–Kier alpha value is -2.75. The Kier molecular flexibility index (Phi) is 18.0. The van der Waals surface area contributed by atoms with Crippen molar-refractivity contribution in [2.75, 3.05) is 7.11 Å². The molecule has 0 aliphatic heterocycles. The van der Waals surface area contributed by atoms with E-state index < -0.39 is 11.4 Å². The van der Waals surface area contributed by atoms with Crippen molar-refractivity contribution < 1.29 is 19.7 Å². The van der Waals surface area contributed by atoms with Crippen LogP contribution in [0.5, 0.6) is 11.5 Å². The van der Waals surface area contributed by atoms with E-state index in [4.69, 9.17) is 4.74 Å². The van der Waals surface area contributed by atoms with Crippen LogP contribution < -0.4 is 4.74 Å². The number of phenols is 1. The highest BCUT2D eigenvalue weighted by molar-refractivity contribution is 5.87. The van der Waals surface area contributed by atoms with Crippen LogP contribution in [0.3, 0.4) is 0 Å². The third kappa shape index (κ3) is 11.8. The van der Waals surface area contributed by atoms with Gasteiger partial charge in [0.1, 0.15) is 5.41 Å². The van der Waals surface area contributed by atoms with Crippen LogP contribution >= 0.6 is 0 Å². The molecule has 256 valence electrons. The molecule has 0 spiro atoms. The minimum Gasteiger partial charge on any atom is -0.504 e. The molecule has 46 heavy (non-hydrogen) atoms. The van der Waals surface area contributed by atoms with Crippen molar-refractivity contribution in [3.05, 3.63) is 71.4 Å². The van der Waals surface area contributed by atoms with Gasteiger partial charge in [0.25, 0.3) is 0 Å². The van der Waals surface area contributed by atoms with Crippen molar-refractivity contribution >= 4 is 5.97 Å². The van der Waals surface area contributed by atoms with Crippen molar-refractivity contribution in [1.29, 1.82) is 0 Å². The van der Waals surface area contributed by atoms with E-state index in [1.54, 1.807) is 12.1 Å². The number of hydrogen-bond donors (Lipinski definition) is 2. The summed E-state index contributed by atoms with van der Waals surface area (Å²) >= 11 is 0. The van der Waals surface area contributed by atoms with Crippen LogP contribution in [-0.4, -0.2) is 23.3 Å². The van der Waals surface area contributed by atoms with Crippen LogP contribution in [0.15, 0.2) is 65.8 Å². The molecule has 4 nitrogen and oxygen atoms in total. The fourth-order valence-electron chi connectivity index (χ4n) is 7.70. The number of benzene rings is 1. The Morgan fingerprint density at radius 3 is 1.46 bits per heavy atom. The number of phenolic OH excluding ortho intramolecular Hbond substituents is 1. The number of carbonyl (C=O) groups is 1. The van der Waals surface area contributed by atoms with Crippen molar-refractivity contribution in [3.63, 3.8) is 0 Å². The van der Waals surface area contributed by atoms with Crippen molar-refractivity contribution in [2.24, 2.45) is 5.41 Å². The van der Waals surface area contributed by atoms with Crippen molar-refractivity contribution in [3.8, 4) is 11.5 Å². The zero-order chi connectivity index (χ0) is 32.9. The van der Waals surface area contributed by atoms with Crippen LogP contribution in [0.1, 0.15) is 160 Å². The molecule has 0 aromatic heterocycles. The number of methoxy groups -OCH3 is 1. The molecule has 4 heteroatoms. The maximum Gasteiger partial charge on any atom is 0.322 e. The van der Waals surface area contributed by atoms with Crippen LogP contribution in [0.2, 0.25) is 0 Å². The first-order valence-electron chi connectivity index (χ1n) is 18.8. The van der Waals surface area contributed by atoms with E-state index in [1.165, 1.54) is 120 Å². The number of aromatic hydroxyl groups is 1. The SMILES string of the molecule is C=CCc1ccc(O)c(OC)c1.O=C(O)C(/C1=C/CCCCCCCC1)(/C1=C/CCCCCCCC1)/C1=C/CCCCCCCC1. The van der Waals surface area contributed by atoms with Crippen LogP contribution in [0.25, 0.3) is 0 Å². The Morgan fingerprint density at radius 2 is 1.09 bits per heavy atom. The Balaban J connectivity index is 0.000000402. The van der Waals surface area contributed by atoms with E-state index in [0.29, 0.717) is 5.75 Å². The molecule has 0 fully saturated rings. The summed E-state index contributed by atoms with van der Waals surface area (Å²) in [4.78, 5) is 13.7. The third-order valence-electron chi connectivity index (χ3n) is 10.3. The van der Waals surface area contributed by atoms with Gasteiger partial charge in [0.2, 0.25) is 0 Å². The summed E-state index contributed by atoms with van der Waals surface area (Å²) in [5.74, 6) is 0.0992. The summed E-state index contributed by atoms with van der Waals surface area (Å²) in [6, 6.07) is 5.27. The van der Waals surface area contributed by atoms with Gasteiger partial charge in [-0.15, -0.1) is 6.58 Å². The molecule has 1 aromatic carbocycles. The molecule has 0 amide bonds. The molecule has 1 aromatic rings. The monoisotopic (exact) mass is 632 g/mol. The highest BCUT2D eigenvalue weighted by Gasteiger charge is 2.47. The maximum absolute atomic E-state index is 13.7. The molecule has 4 rings (SSSR count). The second-order valence-electron chi connectivity index (χ2n) is 13.7. The van der Waals surface area contributed by atoms with Crippen LogP contribution in [-0.2, 0) is 11.2 Å². The average molecular weight is 633 g/mol. The minimum absolute atomic E-state index is 0.172. The van der Waals surface area contributed by atoms with E-state index >= 15 is 0 Å².